The molecular formula is C16H24N2O3. The van der Waals surface area contributed by atoms with Gasteiger partial charge >= 0.3 is 0 Å². The molecule has 0 aliphatic carbocycles. The normalized spacial score (nSPS) is 16.7. The second kappa shape index (κ2) is 8.00. The Kier molecular flexibility index (Phi) is 6.02. The van der Waals surface area contributed by atoms with E-state index in [0.717, 1.165) is 39.1 Å². The van der Waals surface area contributed by atoms with E-state index in [-0.39, 0.29) is 11.9 Å². The van der Waals surface area contributed by atoms with Crippen LogP contribution in [0.4, 0.5) is 0 Å². The first-order valence-electron chi connectivity index (χ1n) is 7.39. The fraction of sp³-hybridized carbons (Fsp3) is 0.562. The van der Waals surface area contributed by atoms with Crippen LogP contribution in [-0.4, -0.2) is 57.3 Å². The van der Waals surface area contributed by atoms with Crippen molar-refractivity contribution in [3.05, 3.63) is 29.8 Å². The number of carbonyl (C=O) groups is 1. The molecule has 0 saturated carbocycles. The molecule has 1 amide bonds. The van der Waals surface area contributed by atoms with E-state index in [9.17, 15) is 4.79 Å². The molecule has 5 heteroatoms. The molecule has 1 saturated heterocycles. The number of rotatable bonds is 6. The van der Waals surface area contributed by atoms with E-state index in [2.05, 4.69) is 10.2 Å². The van der Waals surface area contributed by atoms with Gasteiger partial charge in [0.1, 0.15) is 5.75 Å². The highest BCUT2D eigenvalue weighted by Crippen LogP contribution is 2.18. The maximum atomic E-state index is 12.3. The SMILES string of the molecule is COCCN1CCC(NC(=O)c2ccccc2OC)CC1. The molecule has 1 N–H and O–H groups in total. The van der Waals surface area contributed by atoms with Crippen molar-refractivity contribution in [2.24, 2.45) is 0 Å². The Morgan fingerprint density at radius 1 is 1.29 bits per heavy atom. The summed E-state index contributed by atoms with van der Waals surface area (Å²) in [5, 5.41) is 3.11. The predicted molar refractivity (Wildman–Crippen MR) is 81.8 cm³/mol. The van der Waals surface area contributed by atoms with Gasteiger partial charge in [0.15, 0.2) is 0 Å². The molecule has 5 nitrogen and oxygen atoms in total. The summed E-state index contributed by atoms with van der Waals surface area (Å²) in [4.78, 5) is 14.7. The molecule has 0 unspecified atom stereocenters. The summed E-state index contributed by atoms with van der Waals surface area (Å²) < 4.78 is 10.3. The predicted octanol–water partition coefficient (Wildman–Crippen LogP) is 1.54. The lowest BCUT2D eigenvalue weighted by molar-refractivity contribution is 0.0890. The van der Waals surface area contributed by atoms with Crippen LogP contribution in [0.1, 0.15) is 23.2 Å². The molecule has 1 fully saturated rings. The number of nitrogens with one attached hydrogen (secondary N) is 1. The number of piperidine rings is 1. The first kappa shape index (κ1) is 15.8. The van der Waals surface area contributed by atoms with Crippen LogP contribution in [0.5, 0.6) is 5.75 Å². The van der Waals surface area contributed by atoms with Gasteiger partial charge in [0, 0.05) is 32.8 Å². The van der Waals surface area contributed by atoms with E-state index in [4.69, 9.17) is 9.47 Å². The minimum atomic E-state index is -0.0530. The van der Waals surface area contributed by atoms with Crippen molar-refractivity contribution in [2.45, 2.75) is 18.9 Å². The molecule has 0 radical (unpaired) electrons. The Balaban J connectivity index is 1.84. The number of methoxy groups -OCH3 is 2. The molecule has 1 aliphatic rings. The largest absolute Gasteiger partial charge is 0.496 e. The first-order valence-corrected chi connectivity index (χ1v) is 7.39. The van der Waals surface area contributed by atoms with E-state index >= 15 is 0 Å². The third-order valence-corrected chi connectivity index (χ3v) is 3.89. The Hall–Kier alpha value is -1.59. The minimum absolute atomic E-state index is 0.0530. The number of carbonyl (C=O) groups excluding carboxylic acids is 1. The molecule has 0 spiro atoms. The van der Waals surface area contributed by atoms with E-state index in [1.807, 2.05) is 18.2 Å². The van der Waals surface area contributed by atoms with E-state index < -0.39 is 0 Å². The average Bonchev–Trinajstić information content (AvgIpc) is 2.54. The summed E-state index contributed by atoms with van der Waals surface area (Å²) in [6.07, 6.45) is 1.95. The highest BCUT2D eigenvalue weighted by atomic mass is 16.5. The molecule has 1 aromatic carbocycles. The second-order valence-corrected chi connectivity index (χ2v) is 5.28. The minimum Gasteiger partial charge on any atom is -0.496 e. The number of benzene rings is 1. The average molecular weight is 292 g/mol. The van der Waals surface area contributed by atoms with Gasteiger partial charge < -0.3 is 19.7 Å². The maximum absolute atomic E-state index is 12.3. The topological polar surface area (TPSA) is 50.8 Å². The summed E-state index contributed by atoms with van der Waals surface area (Å²) in [5.74, 6) is 0.565. The van der Waals surface area contributed by atoms with Gasteiger partial charge in [0.25, 0.3) is 5.91 Å². The van der Waals surface area contributed by atoms with Crippen LogP contribution in [0.3, 0.4) is 0 Å². The van der Waals surface area contributed by atoms with Crippen molar-refractivity contribution in [1.29, 1.82) is 0 Å². The van der Waals surface area contributed by atoms with Crippen molar-refractivity contribution in [3.63, 3.8) is 0 Å². The number of ether oxygens (including phenoxy) is 2. The van der Waals surface area contributed by atoms with Crippen LogP contribution in [0.25, 0.3) is 0 Å². The maximum Gasteiger partial charge on any atom is 0.255 e. The fourth-order valence-electron chi connectivity index (χ4n) is 2.62. The zero-order chi connectivity index (χ0) is 15.1. The number of nitrogens with zero attached hydrogens (tertiary/aromatic N) is 1. The Bertz CT molecular complexity index is 457. The third kappa shape index (κ3) is 4.44. The zero-order valence-electron chi connectivity index (χ0n) is 12.8. The number of para-hydroxylation sites is 1. The Morgan fingerprint density at radius 3 is 2.67 bits per heavy atom. The van der Waals surface area contributed by atoms with Crippen molar-refractivity contribution < 1.29 is 14.3 Å². The van der Waals surface area contributed by atoms with Gasteiger partial charge in [-0.2, -0.15) is 0 Å². The summed E-state index contributed by atoms with van der Waals surface area (Å²) in [6.45, 7) is 3.72. The molecule has 0 atom stereocenters. The molecule has 1 aliphatic heterocycles. The number of hydrogen-bond acceptors (Lipinski definition) is 4. The third-order valence-electron chi connectivity index (χ3n) is 3.89. The summed E-state index contributed by atoms with van der Waals surface area (Å²) in [5.41, 5.74) is 0.599. The van der Waals surface area contributed by atoms with Crippen LogP contribution in [0, 0.1) is 0 Å². The van der Waals surface area contributed by atoms with Crippen molar-refractivity contribution in [3.8, 4) is 5.75 Å². The van der Waals surface area contributed by atoms with Crippen LogP contribution in [0.2, 0.25) is 0 Å². The smallest absolute Gasteiger partial charge is 0.255 e. The van der Waals surface area contributed by atoms with Gasteiger partial charge in [-0.25, -0.2) is 0 Å². The molecule has 21 heavy (non-hydrogen) atoms. The van der Waals surface area contributed by atoms with Gasteiger partial charge in [-0.15, -0.1) is 0 Å². The quantitative estimate of drug-likeness (QED) is 0.864. The van der Waals surface area contributed by atoms with Crippen molar-refractivity contribution >= 4 is 5.91 Å². The molecular weight excluding hydrogens is 268 g/mol. The van der Waals surface area contributed by atoms with Crippen LogP contribution < -0.4 is 10.1 Å². The van der Waals surface area contributed by atoms with Crippen LogP contribution in [-0.2, 0) is 4.74 Å². The van der Waals surface area contributed by atoms with Gasteiger partial charge in [-0.1, -0.05) is 12.1 Å². The monoisotopic (exact) mass is 292 g/mol. The van der Waals surface area contributed by atoms with Crippen molar-refractivity contribution in [2.75, 3.05) is 40.5 Å². The summed E-state index contributed by atoms with van der Waals surface area (Å²) in [7, 11) is 3.31. The standard InChI is InChI=1S/C16H24N2O3/c1-20-12-11-18-9-7-13(8-10-18)17-16(19)14-5-3-4-6-15(14)21-2/h3-6,13H,7-12H2,1-2H3,(H,17,19). The molecule has 2 rings (SSSR count). The lowest BCUT2D eigenvalue weighted by atomic mass is 10.0. The van der Waals surface area contributed by atoms with Crippen LogP contribution in [0.15, 0.2) is 24.3 Å². The molecule has 116 valence electrons. The summed E-state index contributed by atoms with van der Waals surface area (Å²) >= 11 is 0. The van der Waals surface area contributed by atoms with Gasteiger partial charge in [-0.05, 0) is 25.0 Å². The highest BCUT2D eigenvalue weighted by Gasteiger charge is 2.21. The number of likely N-dealkylation sites (tertiary alicyclic amines) is 1. The Morgan fingerprint density at radius 2 is 2.00 bits per heavy atom. The van der Waals surface area contributed by atoms with E-state index in [0.29, 0.717) is 11.3 Å². The lowest BCUT2D eigenvalue weighted by Crippen LogP contribution is -2.45. The second-order valence-electron chi connectivity index (χ2n) is 5.28. The van der Waals surface area contributed by atoms with Gasteiger partial charge in [0.2, 0.25) is 0 Å². The molecule has 1 heterocycles. The summed E-state index contributed by atoms with van der Waals surface area (Å²) in [6, 6.07) is 7.56. The first-order chi connectivity index (χ1) is 10.2. The number of amides is 1. The Labute approximate surface area is 126 Å². The van der Waals surface area contributed by atoms with Gasteiger partial charge in [0.05, 0.1) is 19.3 Å². The zero-order valence-corrected chi connectivity index (χ0v) is 12.8. The molecule has 0 aromatic heterocycles. The number of hydrogen-bond donors (Lipinski definition) is 1. The van der Waals surface area contributed by atoms with Gasteiger partial charge in [-0.3, -0.25) is 4.79 Å². The highest BCUT2D eigenvalue weighted by molar-refractivity contribution is 5.97. The molecule has 1 aromatic rings. The fourth-order valence-corrected chi connectivity index (χ4v) is 2.62. The van der Waals surface area contributed by atoms with Crippen LogP contribution >= 0.6 is 0 Å². The molecule has 0 bridgehead atoms. The van der Waals surface area contributed by atoms with E-state index in [1.54, 1.807) is 20.3 Å². The lowest BCUT2D eigenvalue weighted by Gasteiger charge is -2.32. The van der Waals surface area contributed by atoms with E-state index in [1.165, 1.54) is 0 Å². The van der Waals surface area contributed by atoms with Crippen molar-refractivity contribution in [1.82, 2.24) is 10.2 Å².